The first-order chi connectivity index (χ1) is 6.77. The Morgan fingerprint density at radius 1 is 1.57 bits per heavy atom. The number of anilines is 1. The monoisotopic (exact) mass is 191 g/mol. The molecule has 14 heavy (non-hydrogen) atoms. The average molecular weight is 191 g/mol. The van der Waals surface area contributed by atoms with Crippen LogP contribution in [0.2, 0.25) is 0 Å². The van der Waals surface area contributed by atoms with Crippen molar-refractivity contribution in [3.63, 3.8) is 0 Å². The molecule has 2 N–H and O–H groups in total. The molecule has 0 bridgehead atoms. The second kappa shape index (κ2) is 3.96. The minimum Gasteiger partial charge on any atom is -0.355 e. The molecule has 1 aromatic rings. The highest BCUT2D eigenvalue weighted by Gasteiger charge is 2.18. The summed E-state index contributed by atoms with van der Waals surface area (Å²) in [6, 6.07) is 4.38. The lowest BCUT2D eigenvalue weighted by Gasteiger charge is -2.32. The summed E-state index contributed by atoms with van der Waals surface area (Å²) in [5, 5.41) is 0. The molecule has 1 saturated heterocycles. The van der Waals surface area contributed by atoms with Gasteiger partial charge >= 0.3 is 0 Å². The molecule has 0 saturated carbocycles. The Morgan fingerprint density at radius 3 is 3.14 bits per heavy atom. The van der Waals surface area contributed by atoms with E-state index in [1.54, 1.807) is 0 Å². The van der Waals surface area contributed by atoms with E-state index in [9.17, 15) is 0 Å². The van der Waals surface area contributed by atoms with Crippen molar-refractivity contribution in [2.45, 2.75) is 25.8 Å². The van der Waals surface area contributed by atoms with E-state index in [4.69, 9.17) is 5.73 Å². The van der Waals surface area contributed by atoms with Crippen LogP contribution in [0.1, 0.15) is 18.4 Å². The summed E-state index contributed by atoms with van der Waals surface area (Å²) in [7, 11) is 0. The number of hydrogen-bond donors (Lipinski definition) is 1. The van der Waals surface area contributed by atoms with Gasteiger partial charge in [0, 0.05) is 25.3 Å². The zero-order valence-electron chi connectivity index (χ0n) is 8.61. The topological polar surface area (TPSA) is 42.2 Å². The molecule has 1 aliphatic heterocycles. The largest absolute Gasteiger partial charge is 0.355 e. The maximum Gasteiger partial charge on any atom is 0.131 e. The van der Waals surface area contributed by atoms with Crippen molar-refractivity contribution in [2.75, 3.05) is 18.0 Å². The molecule has 1 aliphatic rings. The third kappa shape index (κ3) is 1.87. The molecule has 3 heteroatoms. The van der Waals surface area contributed by atoms with Crippen LogP contribution in [0.3, 0.4) is 0 Å². The number of nitrogens with two attached hydrogens (primary N) is 1. The van der Waals surface area contributed by atoms with Crippen molar-refractivity contribution in [1.82, 2.24) is 4.98 Å². The Hall–Kier alpha value is -1.09. The molecule has 0 aromatic carbocycles. The Morgan fingerprint density at radius 2 is 2.43 bits per heavy atom. The Balaban J connectivity index is 2.18. The van der Waals surface area contributed by atoms with Crippen LogP contribution >= 0.6 is 0 Å². The van der Waals surface area contributed by atoms with E-state index in [0.717, 1.165) is 25.3 Å². The van der Waals surface area contributed by atoms with Crippen LogP contribution in [-0.2, 0) is 0 Å². The third-order valence-electron chi connectivity index (χ3n) is 2.74. The van der Waals surface area contributed by atoms with Crippen LogP contribution in [0.4, 0.5) is 5.82 Å². The number of rotatable bonds is 1. The molecular weight excluding hydrogens is 174 g/mol. The van der Waals surface area contributed by atoms with Gasteiger partial charge in [-0.05, 0) is 31.4 Å². The SMILES string of the molecule is Cc1cccnc1N1CCC[C@@H](N)C1. The van der Waals surface area contributed by atoms with Gasteiger partial charge in [0.25, 0.3) is 0 Å². The smallest absolute Gasteiger partial charge is 0.131 e. The van der Waals surface area contributed by atoms with Crippen molar-refractivity contribution in [3.8, 4) is 0 Å². The zero-order valence-corrected chi connectivity index (χ0v) is 8.61. The van der Waals surface area contributed by atoms with E-state index in [-0.39, 0.29) is 0 Å². The van der Waals surface area contributed by atoms with Gasteiger partial charge in [0.2, 0.25) is 0 Å². The normalized spacial score (nSPS) is 22.4. The van der Waals surface area contributed by atoms with E-state index >= 15 is 0 Å². The zero-order chi connectivity index (χ0) is 9.97. The molecule has 2 heterocycles. The molecule has 1 fully saturated rings. The standard InChI is InChI=1S/C11H17N3/c1-9-4-2-6-13-11(9)14-7-3-5-10(12)8-14/h2,4,6,10H,3,5,7-8,12H2,1H3/t10-/m1/s1. The predicted octanol–water partition coefficient (Wildman–Crippen LogP) is 1.32. The van der Waals surface area contributed by atoms with Gasteiger partial charge in [-0.1, -0.05) is 6.07 Å². The number of aromatic nitrogens is 1. The van der Waals surface area contributed by atoms with Gasteiger partial charge in [-0.15, -0.1) is 0 Å². The van der Waals surface area contributed by atoms with Gasteiger partial charge in [0.05, 0.1) is 0 Å². The van der Waals surface area contributed by atoms with Crippen LogP contribution in [0.15, 0.2) is 18.3 Å². The van der Waals surface area contributed by atoms with E-state index in [2.05, 4.69) is 22.9 Å². The minimum atomic E-state index is 0.310. The van der Waals surface area contributed by atoms with Crippen LogP contribution in [0, 0.1) is 6.92 Å². The second-order valence-corrected chi connectivity index (χ2v) is 3.99. The number of nitrogens with zero attached hydrogens (tertiary/aromatic N) is 2. The lowest BCUT2D eigenvalue weighted by atomic mass is 10.1. The fourth-order valence-corrected chi connectivity index (χ4v) is 2.01. The van der Waals surface area contributed by atoms with E-state index in [0.29, 0.717) is 6.04 Å². The average Bonchev–Trinajstić information content (AvgIpc) is 2.18. The van der Waals surface area contributed by atoms with Crippen LogP contribution in [0.5, 0.6) is 0 Å². The lowest BCUT2D eigenvalue weighted by Crippen LogP contribution is -2.43. The third-order valence-corrected chi connectivity index (χ3v) is 2.74. The van der Waals surface area contributed by atoms with E-state index in [1.807, 2.05) is 12.3 Å². The summed E-state index contributed by atoms with van der Waals surface area (Å²) in [4.78, 5) is 6.70. The fraction of sp³-hybridized carbons (Fsp3) is 0.545. The van der Waals surface area contributed by atoms with Crippen molar-refractivity contribution in [2.24, 2.45) is 5.73 Å². The van der Waals surface area contributed by atoms with Crippen LogP contribution < -0.4 is 10.6 Å². The summed E-state index contributed by atoms with van der Waals surface area (Å²) < 4.78 is 0. The molecule has 2 rings (SSSR count). The molecule has 0 unspecified atom stereocenters. The highest BCUT2D eigenvalue weighted by Crippen LogP contribution is 2.19. The van der Waals surface area contributed by atoms with Crippen LogP contribution in [-0.4, -0.2) is 24.1 Å². The lowest BCUT2D eigenvalue weighted by molar-refractivity contribution is 0.502. The van der Waals surface area contributed by atoms with Crippen molar-refractivity contribution >= 4 is 5.82 Å². The minimum absolute atomic E-state index is 0.310. The molecular formula is C11H17N3. The highest BCUT2D eigenvalue weighted by atomic mass is 15.2. The van der Waals surface area contributed by atoms with Gasteiger partial charge in [-0.3, -0.25) is 0 Å². The Bertz CT molecular complexity index is 311. The second-order valence-electron chi connectivity index (χ2n) is 3.99. The maximum atomic E-state index is 5.94. The van der Waals surface area contributed by atoms with Crippen LogP contribution in [0.25, 0.3) is 0 Å². The molecule has 0 spiro atoms. The first-order valence-corrected chi connectivity index (χ1v) is 5.19. The van der Waals surface area contributed by atoms with Gasteiger partial charge < -0.3 is 10.6 Å². The van der Waals surface area contributed by atoms with Gasteiger partial charge in [-0.25, -0.2) is 4.98 Å². The number of aryl methyl sites for hydroxylation is 1. The van der Waals surface area contributed by atoms with Crippen molar-refractivity contribution in [1.29, 1.82) is 0 Å². The summed E-state index contributed by atoms with van der Waals surface area (Å²) in [5.41, 5.74) is 7.18. The molecule has 3 nitrogen and oxygen atoms in total. The number of pyridine rings is 1. The molecule has 0 aliphatic carbocycles. The number of hydrogen-bond acceptors (Lipinski definition) is 3. The first kappa shape index (κ1) is 9.46. The highest BCUT2D eigenvalue weighted by molar-refractivity contribution is 5.46. The summed E-state index contributed by atoms with van der Waals surface area (Å²) in [6.07, 6.45) is 4.17. The maximum absolute atomic E-state index is 5.94. The van der Waals surface area contributed by atoms with Gasteiger partial charge in [0.1, 0.15) is 5.82 Å². The fourth-order valence-electron chi connectivity index (χ4n) is 2.01. The molecule has 1 aromatic heterocycles. The Labute approximate surface area is 84.9 Å². The van der Waals surface area contributed by atoms with E-state index < -0.39 is 0 Å². The molecule has 1 atom stereocenters. The first-order valence-electron chi connectivity index (χ1n) is 5.19. The van der Waals surface area contributed by atoms with Crippen molar-refractivity contribution < 1.29 is 0 Å². The Kier molecular flexibility index (Phi) is 2.68. The van der Waals surface area contributed by atoms with E-state index in [1.165, 1.54) is 12.0 Å². The quantitative estimate of drug-likeness (QED) is 0.728. The molecule has 0 radical (unpaired) electrons. The molecule has 76 valence electrons. The van der Waals surface area contributed by atoms with Crippen molar-refractivity contribution in [3.05, 3.63) is 23.9 Å². The number of piperidine rings is 1. The predicted molar refractivity (Wildman–Crippen MR) is 58.4 cm³/mol. The summed E-state index contributed by atoms with van der Waals surface area (Å²) in [5.74, 6) is 1.10. The summed E-state index contributed by atoms with van der Waals surface area (Å²) >= 11 is 0. The summed E-state index contributed by atoms with van der Waals surface area (Å²) in [6.45, 7) is 4.13. The van der Waals surface area contributed by atoms with Gasteiger partial charge in [-0.2, -0.15) is 0 Å². The van der Waals surface area contributed by atoms with Gasteiger partial charge in [0.15, 0.2) is 0 Å². The molecule has 0 amide bonds.